The molecule has 2 rings (SSSR count). The second kappa shape index (κ2) is 23.3. The van der Waals surface area contributed by atoms with Gasteiger partial charge in [0.25, 0.3) is 0 Å². The Kier molecular flexibility index (Phi) is 19.7. The number of unbranched alkanes of at least 4 members (excludes halogenated alkanes) is 1. The third-order valence-electron chi connectivity index (χ3n) is 9.53. The lowest BCUT2D eigenvalue weighted by Crippen LogP contribution is -2.56. The first-order valence-corrected chi connectivity index (χ1v) is 19.0. The van der Waals surface area contributed by atoms with Crippen molar-refractivity contribution in [2.75, 3.05) is 6.54 Å². The third-order valence-corrected chi connectivity index (χ3v) is 9.53. The van der Waals surface area contributed by atoms with Gasteiger partial charge in [0.15, 0.2) is 0 Å². The number of hydrogen-bond donors (Lipinski definition) is 6. The van der Waals surface area contributed by atoms with E-state index in [1.807, 2.05) is 103 Å². The fourth-order valence-electron chi connectivity index (χ4n) is 5.85. The second-order valence-corrected chi connectivity index (χ2v) is 14.3. The van der Waals surface area contributed by atoms with E-state index in [1.54, 1.807) is 0 Å². The summed E-state index contributed by atoms with van der Waals surface area (Å²) in [4.78, 5) is 65.3. The van der Waals surface area contributed by atoms with Crippen molar-refractivity contribution in [3.05, 3.63) is 71.3 Å². The van der Waals surface area contributed by atoms with Crippen LogP contribution in [0.3, 0.4) is 0 Å². The van der Waals surface area contributed by atoms with Gasteiger partial charge in [-0.15, -0.1) is 0 Å². The average Bonchev–Trinajstić information content (AvgIpc) is 3.12. The minimum absolute atomic E-state index is 0.00349. The van der Waals surface area contributed by atoms with Crippen LogP contribution in [0.4, 0.5) is 0 Å². The van der Waals surface area contributed by atoms with Crippen molar-refractivity contribution in [2.45, 2.75) is 137 Å². The Morgan fingerprint density at radius 2 is 1.29 bits per heavy atom. The van der Waals surface area contributed by atoms with Crippen LogP contribution in [-0.2, 0) is 36.8 Å². The third kappa shape index (κ3) is 16.0. The molecule has 2 aromatic rings. The summed E-state index contributed by atoms with van der Waals surface area (Å²) in [6.07, 6.45) is 2.48. The predicted molar refractivity (Wildman–Crippen MR) is 205 cm³/mol. The lowest BCUT2D eigenvalue weighted by molar-refractivity contribution is -0.133. The molecule has 1 unspecified atom stereocenters. The summed E-state index contributed by atoms with van der Waals surface area (Å²) in [6, 6.07) is 14.7. The monoisotopic (exact) mass is 721 g/mol. The zero-order valence-electron chi connectivity index (χ0n) is 32.3. The van der Waals surface area contributed by atoms with Crippen LogP contribution < -0.4 is 26.6 Å². The van der Waals surface area contributed by atoms with Gasteiger partial charge < -0.3 is 31.7 Å². The van der Waals surface area contributed by atoms with E-state index in [4.69, 9.17) is 0 Å². The maximum atomic E-state index is 13.6. The number of carbonyl (C=O) groups is 5. The average molecular weight is 722 g/mol. The zero-order valence-corrected chi connectivity index (χ0v) is 32.3. The van der Waals surface area contributed by atoms with Gasteiger partial charge in [-0.2, -0.15) is 0 Å². The van der Waals surface area contributed by atoms with Crippen molar-refractivity contribution in [3.63, 3.8) is 0 Å². The van der Waals surface area contributed by atoms with Crippen molar-refractivity contribution >= 4 is 29.5 Å². The molecule has 0 bridgehead atoms. The molecule has 0 aliphatic rings. The fourth-order valence-corrected chi connectivity index (χ4v) is 5.85. The van der Waals surface area contributed by atoms with Crippen molar-refractivity contribution < 1.29 is 29.1 Å². The summed E-state index contributed by atoms with van der Waals surface area (Å²) in [5, 5.41) is 25.9. The van der Waals surface area contributed by atoms with Crippen LogP contribution in [0.1, 0.15) is 103 Å². The van der Waals surface area contributed by atoms with Gasteiger partial charge in [0.1, 0.15) is 12.1 Å². The van der Waals surface area contributed by atoms with Gasteiger partial charge >= 0.3 is 0 Å². The lowest BCUT2D eigenvalue weighted by atomic mass is 9.95. The molecule has 5 amide bonds. The van der Waals surface area contributed by atoms with Crippen LogP contribution in [0.5, 0.6) is 0 Å². The molecular weight excluding hydrogens is 658 g/mol. The van der Waals surface area contributed by atoms with E-state index in [0.29, 0.717) is 32.2 Å². The molecule has 11 heteroatoms. The number of aryl methyl sites for hydroxylation is 1. The number of hydrogen-bond acceptors (Lipinski definition) is 6. The smallest absolute Gasteiger partial charge is 0.243 e. The van der Waals surface area contributed by atoms with Gasteiger partial charge in [-0.3, -0.25) is 24.0 Å². The Labute approximate surface area is 310 Å². The highest BCUT2D eigenvalue weighted by molar-refractivity contribution is 5.89. The topological polar surface area (TPSA) is 166 Å². The van der Waals surface area contributed by atoms with Crippen LogP contribution in [0.15, 0.2) is 54.6 Å². The molecule has 5 atom stereocenters. The molecule has 0 aliphatic heterocycles. The number of benzene rings is 2. The standard InChI is InChI=1S/C41H63N5O6/c1-8-29(7)39(41(52)43-32(9-2)10-3)46-37(50)26-34(47)33(24-30-16-12-11-13-17-30)44-40(51)38(27(4)5)45-35(48)18-14-15-23-42-36(49)25-31-21-19-28(6)20-22-31/h11-13,16-17,19-22,27,29,32-34,38-39,47H,8-10,14-15,18,23-26H2,1-7H3,(H,42,49)(H,43,52)(H,44,51)(H,45,48)(H,46,50)/t29-,33?,34-,38-,39-/m0/s1. The van der Waals surface area contributed by atoms with E-state index in [0.717, 1.165) is 29.5 Å². The van der Waals surface area contributed by atoms with E-state index in [1.165, 1.54) is 0 Å². The van der Waals surface area contributed by atoms with Gasteiger partial charge in [-0.25, -0.2) is 0 Å². The maximum absolute atomic E-state index is 13.6. The highest BCUT2D eigenvalue weighted by Gasteiger charge is 2.32. The van der Waals surface area contributed by atoms with Gasteiger partial charge in [0.05, 0.1) is 25.0 Å². The SMILES string of the molecule is CCC(CC)NC(=O)[C@@H](NC(=O)C[C@H](O)C(Cc1ccccc1)NC(=O)[C@@H](NC(=O)CCCCNC(=O)Cc1ccc(C)cc1)C(C)C)[C@@H](C)CC. The number of amides is 5. The molecule has 6 N–H and O–H groups in total. The first-order chi connectivity index (χ1) is 24.8. The first kappa shape index (κ1) is 43.9. The molecule has 0 saturated heterocycles. The molecule has 2 aromatic carbocycles. The fraction of sp³-hybridized carbons (Fsp3) is 0.585. The van der Waals surface area contributed by atoms with Crippen molar-refractivity contribution in [3.8, 4) is 0 Å². The summed E-state index contributed by atoms with van der Waals surface area (Å²) >= 11 is 0. The van der Waals surface area contributed by atoms with Crippen molar-refractivity contribution in [1.29, 1.82) is 0 Å². The van der Waals surface area contributed by atoms with E-state index < -0.39 is 36.0 Å². The Balaban J connectivity index is 2.00. The van der Waals surface area contributed by atoms with E-state index in [9.17, 15) is 29.1 Å². The molecule has 0 aliphatic carbocycles. The van der Waals surface area contributed by atoms with Gasteiger partial charge in [0, 0.05) is 19.0 Å². The quantitative estimate of drug-likeness (QED) is 0.0938. The first-order valence-electron chi connectivity index (χ1n) is 19.0. The molecule has 0 fully saturated rings. The zero-order chi connectivity index (χ0) is 38.6. The van der Waals surface area contributed by atoms with E-state index in [2.05, 4.69) is 26.6 Å². The normalized spacial score (nSPS) is 14.1. The molecule has 0 aromatic heterocycles. The second-order valence-electron chi connectivity index (χ2n) is 14.3. The number of aliphatic hydroxyl groups excluding tert-OH is 1. The van der Waals surface area contributed by atoms with Crippen LogP contribution in [0, 0.1) is 18.8 Å². The minimum atomic E-state index is -1.27. The summed E-state index contributed by atoms with van der Waals surface area (Å²) in [7, 11) is 0. The van der Waals surface area contributed by atoms with Gasteiger partial charge in [-0.05, 0) is 62.0 Å². The number of rotatable bonds is 23. The number of carbonyl (C=O) groups excluding carboxylic acids is 5. The van der Waals surface area contributed by atoms with Gasteiger partial charge in [0.2, 0.25) is 29.5 Å². The summed E-state index contributed by atoms with van der Waals surface area (Å²) in [5.41, 5.74) is 2.93. The van der Waals surface area contributed by atoms with Crippen molar-refractivity contribution in [2.24, 2.45) is 11.8 Å². The van der Waals surface area contributed by atoms with Crippen LogP contribution in [0.2, 0.25) is 0 Å². The molecule has 0 heterocycles. The Bertz CT molecular complexity index is 1400. The Morgan fingerprint density at radius 3 is 1.88 bits per heavy atom. The van der Waals surface area contributed by atoms with Gasteiger partial charge in [-0.1, -0.05) is 108 Å². The molecule has 0 saturated carbocycles. The summed E-state index contributed by atoms with van der Waals surface area (Å²) in [5.74, 6) is -1.96. The highest BCUT2D eigenvalue weighted by atomic mass is 16.3. The molecule has 288 valence electrons. The number of aliphatic hydroxyl groups is 1. The van der Waals surface area contributed by atoms with Crippen LogP contribution >= 0.6 is 0 Å². The predicted octanol–water partition coefficient (Wildman–Crippen LogP) is 4.28. The lowest BCUT2D eigenvalue weighted by Gasteiger charge is -2.29. The highest BCUT2D eigenvalue weighted by Crippen LogP contribution is 2.14. The minimum Gasteiger partial charge on any atom is -0.390 e. The summed E-state index contributed by atoms with van der Waals surface area (Å²) in [6.45, 7) is 13.9. The number of nitrogens with one attached hydrogen (secondary N) is 5. The van der Waals surface area contributed by atoms with Crippen LogP contribution in [-0.4, -0.2) is 71.5 Å². The summed E-state index contributed by atoms with van der Waals surface area (Å²) < 4.78 is 0. The molecule has 11 nitrogen and oxygen atoms in total. The van der Waals surface area contributed by atoms with Crippen molar-refractivity contribution in [1.82, 2.24) is 26.6 Å². The van der Waals surface area contributed by atoms with Crippen LogP contribution in [0.25, 0.3) is 0 Å². The Morgan fingerprint density at radius 1 is 0.673 bits per heavy atom. The molecule has 52 heavy (non-hydrogen) atoms. The molecule has 0 radical (unpaired) electrons. The molecular formula is C41H63N5O6. The largest absolute Gasteiger partial charge is 0.390 e. The van der Waals surface area contributed by atoms with E-state index >= 15 is 0 Å². The molecule has 0 spiro atoms. The maximum Gasteiger partial charge on any atom is 0.243 e. The Hall–Kier alpha value is -4.25. The van der Waals surface area contributed by atoms with E-state index in [-0.39, 0.29) is 54.9 Å².